The molecular formula is C18H27N2O2+. The summed E-state index contributed by atoms with van der Waals surface area (Å²) in [5.41, 5.74) is 1.69. The van der Waals surface area contributed by atoms with E-state index in [1.165, 1.54) is 7.11 Å². The smallest absolute Gasteiger partial charge is 0.230 e. The van der Waals surface area contributed by atoms with Gasteiger partial charge in [-0.2, -0.15) is 5.26 Å². The van der Waals surface area contributed by atoms with Gasteiger partial charge in [0.2, 0.25) is 0 Å². The maximum Gasteiger partial charge on any atom is 0.319 e. The van der Waals surface area contributed by atoms with Crippen LogP contribution in [0.5, 0.6) is 0 Å². The van der Waals surface area contributed by atoms with Crippen LogP contribution in [0, 0.1) is 22.2 Å². The molecule has 0 aliphatic rings. The lowest BCUT2D eigenvalue weighted by Crippen LogP contribution is -2.09. The summed E-state index contributed by atoms with van der Waals surface area (Å²) in [4.78, 5) is 17.0. The lowest BCUT2D eigenvalue weighted by molar-refractivity contribution is -0.759. The molecule has 0 bridgehead atoms. The van der Waals surface area contributed by atoms with Crippen molar-refractivity contribution in [3.8, 4) is 6.07 Å². The Morgan fingerprint density at radius 2 is 1.95 bits per heavy atom. The van der Waals surface area contributed by atoms with Gasteiger partial charge in [-0.15, -0.1) is 0 Å². The molecule has 0 N–H and O–H groups in total. The van der Waals surface area contributed by atoms with Crippen molar-refractivity contribution in [2.24, 2.45) is 5.92 Å². The van der Waals surface area contributed by atoms with Gasteiger partial charge in [0.05, 0.1) is 16.5 Å². The Hall–Kier alpha value is -2.15. The molecule has 0 radical (unpaired) electrons. The maximum absolute atomic E-state index is 11.8. The molecule has 0 aromatic rings. The Kier molecular flexibility index (Phi) is 10.4. The second kappa shape index (κ2) is 11.5. The lowest BCUT2D eigenvalue weighted by atomic mass is 9.89. The van der Waals surface area contributed by atoms with E-state index < -0.39 is 0 Å². The number of rotatable bonds is 10. The second-order valence-corrected chi connectivity index (χ2v) is 4.96. The monoisotopic (exact) mass is 303 g/mol. The zero-order valence-electron chi connectivity index (χ0n) is 14.1. The van der Waals surface area contributed by atoms with Gasteiger partial charge in [0, 0.05) is 5.57 Å². The summed E-state index contributed by atoms with van der Waals surface area (Å²) in [6, 6.07) is 2.29. The highest BCUT2D eigenvalue weighted by molar-refractivity contribution is 5.43. The van der Waals surface area contributed by atoms with Crippen LogP contribution in [0.3, 0.4) is 0 Å². The summed E-state index contributed by atoms with van der Waals surface area (Å²) in [5.74, 6) is 0.217. The predicted molar refractivity (Wildman–Crippen MR) is 89.7 cm³/mol. The highest BCUT2D eigenvalue weighted by Crippen LogP contribution is 2.25. The summed E-state index contributed by atoms with van der Waals surface area (Å²) < 4.78 is 0. The minimum Gasteiger partial charge on any atom is -0.230 e. The summed E-state index contributed by atoms with van der Waals surface area (Å²) in [6.45, 7) is 9.65. The molecule has 4 heteroatoms. The van der Waals surface area contributed by atoms with Crippen molar-refractivity contribution in [2.45, 2.75) is 46.5 Å². The highest BCUT2D eigenvalue weighted by Gasteiger charge is 2.23. The van der Waals surface area contributed by atoms with E-state index in [1.54, 1.807) is 31.2 Å². The molecule has 22 heavy (non-hydrogen) atoms. The van der Waals surface area contributed by atoms with Crippen LogP contribution in [-0.2, 0) is 4.84 Å². The van der Waals surface area contributed by atoms with Gasteiger partial charge in [0.25, 0.3) is 4.92 Å². The molecule has 0 saturated carbocycles. The number of nitriles is 1. The summed E-state index contributed by atoms with van der Waals surface area (Å²) in [7, 11) is 1.31. The Morgan fingerprint density at radius 3 is 2.32 bits per heavy atom. The van der Waals surface area contributed by atoms with Crippen LogP contribution in [0.2, 0.25) is 0 Å². The Morgan fingerprint density at radius 1 is 1.36 bits per heavy atom. The Balaban J connectivity index is 5.76. The average Bonchev–Trinajstić information content (AvgIpc) is 2.52. The van der Waals surface area contributed by atoms with Crippen molar-refractivity contribution in [3.05, 3.63) is 52.6 Å². The van der Waals surface area contributed by atoms with Crippen molar-refractivity contribution in [1.29, 1.82) is 5.26 Å². The molecule has 120 valence electrons. The minimum absolute atomic E-state index is 0.217. The number of hydrogen-bond donors (Lipinski definition) is 0. The molecule has 0 heterocycles. The number of hydrogen-bond acceptors (Lipinski definition) is 3. The van der Waals surface area contributed by atoms with Gasteiger partial charge >= 0.3 is 5.70 Å². The zero-order chi connectivity index (χ0) is 17.0. The van der Waals surface area contributed by atoms with E-state index in [-0.39, 0.29) is 5.92 Å². The normalized spacial score (nSPS) is 13.0. The Labute approximate surface area is 134 Å². The molecular weight excluding hydrogens is 276 g/mol. The number of nitrogens with zero attached hydrogens (tertiary/aromatic N) is 2. The van der Waals surface area contributed by atoms with E-state index in [0.29, 0.717) is 21.8 Å². The van der Waals surface area contributed by atoms with Crippen molar-refractivity contribution in [1.82, 2.24) is 0 Å². The minimum atomic E-state index is 0.217. The fourth-order valence-electron chi connectivity index (χ4n) is 2.37. The van der Waals surface area contributed by atoms with Crippen molar-refractivity contribution in [2.75, 3.05) is 7.11 Å². The molecule has 0 rings (SSSR count). The quantitative estimate of drug-likeness (QED) is 0.324. The molecule has 0 fully saturated rings. The topological polar surface area (TPSA) is 53.1 Å². The summed E-state index contributed by atoms with van der Waals surface area (Å²) in [6.07, 6.45) is 10.7. The average molecular weight is 303 g/mol. The van der Waals surface area contributed by atoms with Crippen LogP contribution in [0.15, 0.2) is 47.7 Å². The van der Waals surface area contributed by atoms with Crippen LogP contribution in [0.4, 0.5) is 0 Å². The Bertz CT molecular complexity index is 502. The number of allylic oxidation sites excluding steroid dienone is 5. The highest BCUT2D eigenvalue weighted by atomic mass is 16.8. The van der Waals surface area contributed by atoms with Crippen molar-refractivity contribution >= 4 is 0 Å². The van der Waals surface area contributed by atoms with E-state index in [4.69, 9.17) is 4.84 Å². The van der Waals surface area contributed by atoms with Crippen molar-refractivity contribution in [3.63, 3.8) is 0 Å². The lowest BCUT2D eigenvalue weighted by Gasteiger charge is -2.14. The van der Waals surface area contributed by atoms with Gasteiger partial charge in [0.1, 0.15) is 0 Å². The molecule has 0 aromatic heterocycles. The van der Waals surface area contributed by atoms with Gasteiger partial charge in [0.15, 0.2) is 7.11 Å². The zero-order valence-corrected chi connectivity index (χ0v) is 14.1. The van der Waals surface area contributed by atoms with Gasteiger partial charge in [-0.05, 0) is 43.9 Å². The van der Waals surface area contributed by atoms with Crippen LogP contribution < -0.4 is 0 Å². The first kappa shape index (κ1) is 19.9. The van der Waals surface area contributed by atoms with Crippen LogP contribution >= 0.6 is 0 Å². The van der Waals surface area contributed by atoms with Crippen LogP contribution in [-0.4, -0.2) is 12.0 Å². The molecule has 0 aliphatic carbocycles. The molecule has 0 atom stereocenters. The maximum atomic E-state index is 11.8. The van der Waals surface area contributed by atoms with Gasteiger partial charge in [-0.3, -0.25) is 0 Å². The van der Waals surface area contributed by atoms with Gasteiger partial charge < -0.3 is 0 Å². The molecule has 0 aromatic carbocycles. The first-order chi connectivity index (χ1) is 10.6. The molecule has 0 saturated heterocycles. The van der Waals surface area contributed by atoms with E-state index in [1.807, 2.05) is 0 Å². The van der Waals surface area contributed by atoms with E-state index >= 15 is 0 Å². The van der Waals surface area contributed by atoms with E-state index in [9.17, 15) is 10.2 Å². The summed E-state index contributed by atoms with van der Waals surface area (Å²) in [5, 5.41) is 9.50. The van der Waals surface area contributed by atoms with Crippen LogP contribution in [0.25, 0.3) is 0 Å². The van der Waals surface area contributed by atoms with Crippen molar-refractivity contribution < 1.29 is 9.76 Å². The SMILES string of the molecule is C=C/C=C(/C=C(/C#N)C(CCC)CCC)C(=C/C)\[N+](=O)OC. The van der Waals surface area contributed by atoms with Crippen LogP contribution in [0.1, 0.15) is 46.5 Å². The fourth-order valence-corrected chi connectivity index (χ4v) is 2.37. The van der Waals surface area contributed by atoms with E-state index in [2.05, 4.69) is 26.5 Å². The first-order valence-corrected chi connectivity index (χ1v) is 7.71. The first-order valence-electron chi connectivity index (χ1n) is 7.71. The standard InChI is InChI=1S/C18H27N2O2/c1-6-10-15(11-7-2)17(14-19)13-16(12-8-3)18(9-4)20(21)22-5/h8-9,12-13,15H,3,6-7,10-11H2,1-2,4-5H3/q+1/b16-12-,17-13-,18-9+. The molecule has 0 aliphatic heterocycles. The third kappa shape index (κ3) is 6.09. The largest absolute Gasteiger partial charge is 0.319 e. The summed E-state index contributed by atoms with van der Waals surface area (Å²) >= 11 is 0. The fraction of sp³-hybridized carbons (Fsp3) is 0.500. The third-order valence-corrected chi connectivity index (χ3v) is 3.38. The molecule has 0 unspecified atom stereocenters. The molecule has 4 nitrogen and oxygen atoms in total. The van der Waals surface area contributed by atoms with E-state index in [0.717, 1.165) is 25.7 Å². The van der Waals surface area contributed by atoms with Gasteiger partial charge in [-0.25, -0.2) is 4.84 Å². The second-order valence-electron chi connectivity index (χ2n) is 4.96. The molecule has 0 spiro atoms. The third-order valence-electron chi connectivity index (χ3n) is 3.38. The molecule has 0 amide bonds. The predicted octanol–water partition coefficient (Wildman–Crippen LogP) is 5.01. The van der Waals surface area contributed by atoms with Gasteiger partial charge in [-0.1, -0.05) is 39.3 Å².